The minimum Gasteiger partial charge on any atom is -0.478 e. The van der Waals surface area contributed by atoms with Gasteiger partial charge < -0.3 is 10.0 Å². The molecule has 1 heterocycles. The molecule has 1 aliphatic heterocycles. The molecule has 0 radical (unpaired) electrons. The van der Waals surface area contributed by atoms with Crippen LogP contribution in [0, 0.1) is 0 Å². The maximum absolute atomic E-state index is 11.0. The van der Waals surface area contributed by atoms with Crippen molar-refractivity contribution >= 4 is 11.7 Å². The fourth-order valence-electron chi connectivity index (χ4n) is 2.41. The van der Waals surface area contributed by atoms with E-state index in [0.29, 0.717) is 11.6 Å². The number of carboxylic acid groups (broad SMARTS) is 1. The second-order valence-corrected chi connectivity index (χ2v) is 5.05. The van der Waals surface area contributed by atoms with E-state index >= 15 is 0 Å². The van der Waals surface area contributed by atoms with Crippen LogP contribution in [0.3, 0.4) is 0 Å². The lowest BCUT2D eigenvalue weighted by Crippen LogP contribution is -2.36. The van der Waals surface area contributed by atoms with Crippen LogP contribution in [-0.4, -0.2) is 24.2 Å². The average molecular weight is 219 g/mol. The number of benzene rings is 1. The number of rotatable bonds is 1. The first-order valence-corrected chi connectivity index (χ1v) is 5.46. The third-order valence-electron chi connectivity index (χ3n) is 3.94. The van der Waals surface area contributed by atoms with Gasteiger partial charge in [0.05, 0.1) is 5.56 Å². The van der Waals surface area contributed by atoms with Gasteiger partial charge in [0.15, 0.2) is 0 Å². The number of carboxylic acids is 1. The van der Waals surface area contributed by atoms with Crippen molar-refractivity contribution in [3.8, 4) is 0 Å². The standard InChI is InChI=1S/C13H17NO2/c1-8-13(2,3)10-7-9(12(15)16)5-6-11(10)14(8)4/h5-8H,1-4H3,(H,15,16). The predicted molar refractivity (Wildman–Crippen MR) is 64.3 cm³/mol. The van der Waals surface area contributed by atoms with Crippen molar-refractivity contribution in [1.82, 2.24) is 0 Å². The number of nitrogens with zero attached hydrogens (tertiary/aromatic N) is 1. The van der Waals surface area contributed by atoms with Gasteiger partial charge in [-0.3, -0.25) is 0 Å². The van der Waals surface area contributed by atoms with Gasteiger partial charge in [-0.25, -0.2) is 4.79 Å². The summed E-state index contributed by atoms with van der Waals surface area (Å²) in [5, 5.41) is 9.00. The maximum atomic E-state index is 11.0. The smallest absolute Gasteiger partial charge is 0.335 e. The third-order valence-corrected chi connectivity index (χ3v) is 3.94. The van der Waals surface area contributed by atoms with Gasteiger partial charge in [-0.1, -0.05) is 13.8 Å². The molecule has 3 nitrogen and oxygen atoms in total. The van der Waals surface area contributed by atoms with Crippen LogP contribution >= 0.6 is 0 Å². The first kappa shape index (κ1) is 11.0. The molecule has 86 valence electrons. The van der Waals surface area contributed by atoms with Gasteiger partial charge >= 0.3 is 5.97 Å². The van der Waals surface area contributed by atoms with Gasteiger partial charge in [-0.05, 0) is 30.7 Å². The fraction of sp³-hybridized carbons (Fsp3) is 0.462. The van der Waals surface area contributed by atoms with Crippen LogP contribution in [0.2, 0.25) is 0 Å². The van der Waals surface area contributed by atoms with Crippen LogP contribution in [0.15, 0.2) is 18.2 Å². The Bertz CT molecular complexity index is 451. The third kappa shape index (κ3) is 1.31. The molecule has 0 saturated heterocycles. The fourth-order valence-corrected chi connectivity index (χ4v) is 2.41. The van der Waals surface area contributed by atoms with Gasteiger partial charge in [-0.15, -0.1) is 0 Å². The monoisotopic (exact) mass is 219 g/mol. The Morgan fingerprint density at radius 3 is 2.62 bits per heavy atom. The molecule has 1 aromatic carbocycles. The van der Waals surface area contributed by atoms with Crippen molar-refractivity contribution in [3.05, 3.63) is 29.3 Å². The number of anilines is 1. The van der Waals surface area contributed by atoms with Crippen LogP contribution in [0.5, 0.6) is 0 Å². The zero-order chi connectivity index (χ0) is 12.1. The average Bonchev–Trinajstić information content (AvgIpc) is 2.40. The highest BCUT2D eigenvalue weighted by atomic mass is 16.4. The summed E-state index contributed by atoms with van der Waals surface area (Å²) < 4.78 is 0. The second-order valence-electron chi connectivity index (χ2n) is 5.05. The molecule has 1 aliphatic rings. The van der Waals surface area contributed by atoms with Gasteiger partial charge in [0.25, 0.3) is 0 Å². The molecule has 0 spiro atoms. The maximum Gasteiger partial charge on any atom is 0.335 e. The van der Waals surface area contributed by atoms with E-state index in [0.717, 1.165) is 11.3 Å². The molecule has 0 aliphatic carbocycles. The highest BCUT2D eigenvalue weighted by molar-refractivity contribution is 5.89. The topological polar surface area (TPSA) is 40.5 Å². The summed E-state index contributed by atoms with van der Waals surface area (Å²) in [5.41, 5.74) is 2.63. The Kier molecular flexibility index (Phi) is 2.22. The van der Waals surface area contributed by atoms with Gasteiger partial charge in [-0.2, -0.15) is 0 Å². The molecule has 0 fully saturated rings. The highest BCUT2D eigenvalue weighted by Crippen LogP contribution is 2.44. The summed E-state index contributed by atoms with van der Waals surface area (Å²) in [4.78, 5) is 13.2. The zero-order valence-corrected chi connectivity index (χ0v) is 10.1. The largest absolute Gasteiger partial charge is 0.478 e. The quantitative estimate of drug-likeness (QED) is 0.789. The molecule has 1 unspecified atom stereocenters. The minimum atomic E-state index is -0.860. The van der Waals surface area contributed by atoms with E-state index in [9.17, 15) is 4.79 Å². The lowest BCUT2D eigenvalue weighted by Gasteiger charge is -2.28. The number of fused-ring (bicyclic) bond motifs is 1. The van der Waals surface area contributed by atoms with E-state index < -0.39 is 5.97 Å². The predicted octanol–water partition coefficient (Wildman–Crippen LogP) is 2.50. The molecule has 16 heavy (non-hydrogen) atoms. The van der Waals surface area contributed by atoms with Crippen molar-refractivity contribution in [3.63, 3.8) is 0 Å². The minimum absolute atomic E-state index is 0.00442. The molecule has 3 heteroatoms. The molecule has 0 saturated carbocycles. The van der Waals surface area contributed by atoms with E-state index in [4.69, 9.17) is 5.11 Å². The van der Waals surface area contributed by atoms with E-state index in [-0.39, 0.29) is 5.41 Å². The highest BCUT2D eigenvalue weighted by Gasteiger charge is 2.40. The first-order valence-electron chi connectivity index (χ1n) is 5.46. The van der Waals surface area contributed by atoms with Crippen LogP contribution in [0.4, 0.5) is 5.69 Å². The normalized spacial score (nSPS) is 22.0. The summed E-state index contributed by atoms with van der Waals surface area (Å²) in [7, 11) is 2.05. The lowest BCUT2D eigenvalue weighted by molar-refractivity contribution is 0.0697. The van der Waals surface area contributed by atoms with E-state index in [1.54, 1.807) is 12.1 Å². The van der Waals surface area contributed by atoms with E-state index in [1.165, 1.54) is 0 Å². The number of hydrogen-bond acceptors (Lipinski definition) is 2. The zero-order valence-electron chi connectivity index (χ0n) is 10.1. The Hall–Kier alpha value is -1.51. The first-order chi connectivity index (χ1) is 7.35. The van der Waals surface area contributed by atoms with Crippen LogP contribution in [0.1, 0.15) is 36.7 Å². The second kappa shape index (κ2) is 3.24. The van der Waals surface area contributed by atoms with Crippen molar-refractivity contribution in [2.75, 3.05) is 11.9 Å². The van der Waals surface area contributed by atoms with Crippen LogP contribution < -0.4 is 4.90 Å². The molecule has 0 aromatic heterocycles. The molecule has 0 bridgehead atoms. The molecule has 0 amide bonds. The Morgan fingerprint density at radius 1 is 1.44 bits per heavy atom. The van der Waals surface area contributed by atoms with Gasteiger partial charge in [0.1, 0.15) is 0 Å². The molecular weight excluding hydrogens is 202 g/mol. The summed E-state index contributed by atoms with van der Waals surface area (Å²) in [5.74, 6) is -0.860. The summed E-state index contributed by atoms with van der Waals surface area (Å²) in [6.45, 7) is 6.48. The lowest BCUT2D eigenvalue weighted by atomic mass is 9.81. The summed E-state index contributed by atoms with van der Waals surface area (Å²) in [6.07, 6.45) is 0. The number of likely N-dealkylation sites (N-methyl/N-ethyl adjacent to an activating group) is 1. The Balaban J connectivity index is 2.60. The Morgan fingerprint density at radius 2 is 2.06 bits per heavy atom. The van der Waals surface area contributed by atoms with Crippen LogP contribution in [-0.2, 0) is 5.41 Å². The summed E-state index contributed by atoms with van der Waals surface area (Å²) >= 11 is 0. The molecular formula is C13H17NO2. The van der Waals surface area contributed by atoms with Crippen molar-refractivity contribution in [2.45, 2.75) is 32.2 Å². The van der Waals surface area contributed by atoms with E-state index in [2.05, 4.69) is 32.7 Å². The number of aromatic carboxylic acids is 1. The SMILES string of the molecule is CC1N(C)c2ccc(C(=O)O)cc2C1(C)C. The molecule has 2 rings (SSSR count). The number of carbonyl (C=O) groups is 1. The number of hydrogen-bond donors (Lipinski definition) is 1. The summed E-state index contributed by atoms with van der Waals surface area (Å²) in [6, 6.07) is 5.76. The van der Waals surface area contributed by atoms with Crippen molar-refractivity contribution in [1.29, 1.82) is 0 Å². The van der Waals surface area contributed by atoms with E-state index in [1.807, 2.05) is 6.07 Å². The van der Waals surface area contributed by atoms with Crippen molar-refractivity contribution in [2.24, 2.45) is 0 Å². The Labute approximate surface area is 95.7 Å². The van der Waals surface area contributed by atoms with Crippen LogP contribution in [0.25, 0.3) is 0 Å². The van der Waals surface area contributed by atoms with Gasteiger partial charge in [0, 0.05) is 24.2 Å². The van der Waals surface area contributed by atoms with Gasteiger partial charge in [0.2, 0.25) is 0 Å². The van der Waals surface area contributed by atoms with Crippen molar-refractivity contribution < 1.29 is 9.90 Å². The molecule has 1 N–H and O–H groups in total. The molecule has 1 aromatic rings. The molecule has 1 atom stereocenters.